The minimum Gasteiger partial charge on any atom is -0.363 e. The molecule has 2 saturated heterocycles. The zero-order valence-corrected chi connectivity index (χ0v) is 12.9. The Morgan fingerprint density at radius 3 is 2.78 bits per heavy atom. The molecule has 3 heterocycles. The van der Waals surface area contributed by atoms with Gasteiger partial charge in [-0.1, -0.05) is 0 Å². The molecule has 3 fully saturated rings. The van der Waals surface area contributed by atoms with Crippen LogP contribution in [-0.2, 0) is 9.53 Å². The Balaban J connectivity index is 1.36. The Kier molecular flexibility index (Phi) is 3.88. The molecule has 4 rings (SSSR count). The quantitative estimate of drug-likeness (QED) is 0.905. The Hall–Kier alpha value is -1.76. The molecule has 3 aliphatic rings. The van der Waals surface area contributed by atoms with Crippen molar-refractivity contribution >= 4 is 11.9 Å². The molecule has 1 amide bonds. The lowest BCUT2D eigenvalue weighted by molar-refractivity contribution is -0.141. The van der Waals surface area contributed by atoms with E-state index in [1.807, 2.05) is 0 Å². The Morgan fingerprint density at radius 2 is 2.04 bits per heavy atom. The summed E-state index contributed by atoms with van der Waals surface area (Å²) in [6.07, 6.45) is 6.92. The highest BCUT2D eigenvalue weighted by atomic mass is 19.1. The van der Waals surface area contributed by atoms with Gasteiger partial charge < -0.3 is 15.0 Å². The normalized spacial score (nSPS) is 30.1. The van der Waals surface area contributed by atoms with E-state index in [2.05, 4.69) is 20.2 Å². The van der Waals surface area contributed by atoms with Crippen molar-refractivity contribution < 1.29 is 13.9 Å². The maximum atomic E-state index is 13.0. The number of nitrogens with one attached hydrogen (secondary N) is 1. The lowest BCUT2D eigenvalue weighted by atomic mass is 9.98. The van der Waals surface area contributed by atoms with Gasteiger partial charge in [-0.25, -0.2) is 14.4 Å². The van der Waals surface area contributed by atoms with Gasteiger partial charge in [-0.2, -0.15) is 0 Å². The molecule has 0 radical (unpaired) electrons. The van der Waals surface area contributed by atoms with E-state index >= 15 is 0 Å². The molecular weight excluding hydrogens is 299 g/mol. The molecule has 0 aromatic carbocycles. The summed E-state index contributed by atoms with van der Waals surface area (Å²) in [6, 6.07) is 0.174. The number of ether oxygens (including phenoxy) is 1. The highest BCUT2D eigenvalue weighted by Crippen LogP contribution is 2.33. The zero-order valence-electron chi connectivity index (χ0n) is 12.9. The van der Waals surface area contributed by atoms with E-state index in [9.17, 15) is 9.18 Å². The molecule has 1 N–H and O–H groups in total. The second-order valence-electron chi connectivity index (χ2n) is 6.68. The summed E-state index contributed by atoms with van der Waals surface area (Å²) >= 11 is 0. The zero-order chi connectivity index (χ0) is 15.8. The van der Waals surface area contributed by atoms with Crippen LogP contribution in [0, 0.1) is 11.7 Å². The van der Waals surface area contributed by atoms with Gasteiger partial charge in [0.05, 0.1) is 24.5 Å². The predicted molar refractivity (Wildman–Crippen MR) is 81.4 cm³/mol. The Labute approximate surface area is 134 Å². The number of aromatic nitrogens is 2. The Bertz CT molecular complexity index is 578. The molecule has 6 nitrogen and oxygen atoms in total. The molecule has 0 spiro atoms. The van der Waals surface area contributed by atoms with E-state index in [1.54, 1.807) is 0 Å². The fraction of sp³-hybridized carbons (Fsp3) is 0.688. The van der Waals surface area contributed by atoms with Crippen molar-refractivity contribution in [2.45, 2.75) is 50.4 Å². The molecule has 2 aliphatic heterocycles. The number of nitrogens with zero attached hydrogens (tertiary/aromatic N) is 3. The van der Waals surface area contributed by atoms with Crippen molar-refractivity contribution in [3.8, 4) is 0 Å². The van der Waals surface area contributed by atoms with E-state index < -0.39 is 5.82 Å². The number of halogens is 1. The third-order valence-corrected chi connectivity index (χ3v) is 4.97. The lowest BCUT2D eigenvalue weighted by Gasteiger charge is -2.35. The van der Waals surface area contributed by atoms with Crippen LogP contribution in [0.15, 0.2) is 12.4 Å². The van der Waals surface area contributed by atoms with Crippen molar-refractivity contribution in [1.82, 2.24) is 15.3 Å². The monoisotopic (exact) mass is 320 g/mol. The average Bonchev–Trinajstić information content (AvgIpc) is 3.31. The van der Waals surface area contributed by atoms with E-state index in [4.69, 9.17) is 4.74 Å². The smallest absolute Gasteiger partial charge is 0.249 e. The summed E-state index contributed by atoms with van der Waals surface area (Å²) in [4.78, 5) is 22.4. The van der Waals surface area contributed by atoms with E-state index in [-0.39, 0.29) is 24.2 Å². The van der Waals surface area contributed by atoms with Gasteiger partial charge in [0.25, 0.3) is 0 Å². The van der Waals surface area contributed by atoms with Crippen LogP contribution in [0.2, 0.25) is 0 Å². The number of fused-ring (bicyclic) bond motifs is 1. The summed E-state index contributed by atoms with van der Waals surface area (Å²) < 4.78 is 19.0. The van der Waals surface area contributed by atoms with Crippen LogP contribution < -0.4 is 10.2 Å². The van der Waals surface area contributed by atoms with Crippen molar-refractivity contribution in [2.75, 3.05) is 18.0 Å². The third kappa shape index (κ3) is 3.15. The SMILES string of the molecule is O=C(NCC1CC1)[C@H]1CC[C@@H]2[C@@H](CCN2c2ncc(F)cn2)O1. The highest BCUT2D eigenvalue weighted by Gasteiger charge is 2.42. The van der Waals surface area contributed by atoms with Gasteiger partial charge in [0.2, 0.25) is 11.9 Å². The van der Waals surface area contributed by atoms with Crippen molar-refractivity contribution in [1.29, 1.82) is 0 Å². The van der Waals surface area contributed by atoms with E-state index in [1.165, 1.54) is 25.2 Å². The predicted octanol–water partition coefficient (Wildman–Crippen LogP) is 1.27. The number of rotatable bonds is 4. The van der Waals surface area contributed by atoms with Crippen LogP contribution >= 0.6 is 0 Å². The number of carbonyl (C=O) groups is 1. The van der Waals surface area contributed by atoms with E-state index in [0.29, 0.717) is 18.3 Å². The largest absolute Gasteiger partial charge is 0.363 e. The number of hydrogen-bond acceptors (Lipinski definition) is 5. The van der Waals surface area contributed by atoms with Crippen molar-refractivity contribution in [3.05, 3.63) is 18.2 Å². The lowest BCUT2D eigenvalue weighted by Crippen LogP contribution is -2.48. The van der Waals surface area contributed by atoms with Crippen LogP contribution in [0.5, 0.6) is 0 Å². The average molecular weight is 320 g/mol. The minimum atomic E-state index is -0.434. The first-order valence-electron chi connectivity index (χ1n) is 8.38. The van der Waals surface area contributed by atoms with Crippen LogP contribution in [0.4, 0.5) is 10.3 Å². The number of carbonyl (C=O) groups excluding carboxylic acids is 1. The molecule has 3 atom stereocenters. The standard InChI is InChI=1S/C16H21FN4O2/c17-11-8-19-16(20-9-11)21-6-5-13-12(21)3-4-14(23-13)15(22)18-7-10-1-2-10/h8-10,12-14H,1-7H2,(H,18,22)/t12-,13-,14-/m1/s1. The maximum absolute atomic E-state index is 13.0. The van der Waals surface area contributed by atoms with Crippen LogP contribution in [0.3, 0.4) is 0 Å². The fourth-order valence-electron chi connectivity index (χ4n) is 3.50. The van der Waals surface area contributed by atoms with Gasteiger partial charge in [-0.05, 0) is 38.0 Å². The topological polar surface area (TPSA) is 67.4 Å². The van der Waals surface area contributed by atoms with Crippen LogP contribution in [0.1, 0.15) is 32.1 Å². The first-order chi connectivity index (χ1) is 11.2. The van der Waals surface area contributed by atoms with Gasteiger partial charge in [0, 0.05) is 13.1 Å². The molecule has 0 bridgehead atoms. The van der Waals surface area contributed by atoms with Crippen LogP contribution in [-0.4, -0.2) is 47.2 Å². The minimum absolute atomic E-state index is 0.0202. The van der Waals surface area contributed by atoms with Crippen LogP contribution in [0.25, 0.3) is 0 Å². The molecule has 1 aromatic rings. The molecule has 7 heteroatoms. The van der Waals surface area contributed by atoms with Crippen molar-refractivity contribution in [2.24, 2.45) is 5.92 Å². The van der Waals surface area contributed by atoms with Crippen molar-refractivity contribution in [3.63, 3.8) is 0 Å². The van der Waals surface area contributed by atoms with E-state index in [0.717, 1.165) is 25.9 Å². The molecule has 1 aromatic heterocycles. The molecule has 124 valence electrons. The van der Waals surface area contributed by atoms with Gasteiger partial charge in [-0.15, -0.1) is 0 Å². The first-order valence-corrected chi connectivity index (χ1v) is 8.38. The molecule has 23 heavy (non-hydrogen) atoms. The molecule has 1 aliphatic carbocycles. The molecule has 1 saturated carbocycles. The third-order valence-electron chi connectivity index (χ3n) is 4.97. The summed E-state index contributed by atoms with van der Waals surface area (Å²) in [7, 11) is 0. The number of hydrogen-bond donors (Lipinski definition) is 1. The summed E-state index contributed by atoms with van der Waals surface area (Å²) in [5.74, 6) is 0.802. The summed E-state index contributed by atoms with van der Waals surface area (Å²) in [5.41, 5.74) is 0. The fourth-order valence-corrected chi connectivity index (χ4v) is 3.50. The molecule has 0 unspecified atom stereocenters. The highest BCUT2D eigenvalue weighted by molar-refractivity contribution is 5.81. The maximum Gasteiger partial charge on any atom is 0.249 e. The Morgan fingerprint density at radius 1 is 1.26 bits per heavy atom. The number of anilines is 1. The first kappa shape index (κ1) is 14.8. The van der Waals surface area contributed by atoms with Gasteiger partial charge in [0.15, 0.2) is 5.82 Å². The molecular formula is C16H21FN4O2. The van der Waals surface area contributed by atoms with Gasteiger partial charge in [-0.3, -0.25) is 4.79 Å². The second kappa shape index (κ2) is 6.03. The van der Waals surface area contributed by atoms with Gasteiger partial charge in [0.1, 0.15) is 6.10 Å². The number of amides is 1. The summed E-state index contributed by atoms with van der Waals surface area (Å²) in [6.45, 7) is 1.56. The van der Waals surface area contributed by atoms with Gasteiger partial charge >= 0.3 is 0 Å². The summed E-state index contributed by atoms with van der Waals surface area (Å²) in [5, 5.41) is 3.00. The second-order valence-corrected chi connectivity index (χ2v) is 6.68.